The number of alkyl halides is 5. The Bertz CT molecular complexity index is 414. The predicted molar refractivity (Wildman–Crippen MR) is 41.4 cm³/mol. The topological polar surface area (TPSA) is 55.0 Å². The molecule has 1 aromatic rings. The van der Waals surface area contributed by atoms with Crippen LogP contribution >= 0.6 is 0 Å². The SMILES string of the molecule is O=c1ccnc(OCC(F)(F)C(F)(F)F)[nH]1. The van der Waals surface area contributed by atoms with Crippen molar-refractivity contribution in [2.24, 2.45) is 0 Å². The molecule has 0 fully saturated rings. The van der Waals surface area contributed by atoms with Gasteiger partial charge in [-0.05, 0) is 0 Å². The van der Waals surface area contributed by atoms with Crippen molar-refractivity contribution < 1.29 is 26.7 Å². The normalized spacial score (nSPS) is 12.6. The number of nitrogens with zero attached hydrogens (tertiary/aromatic N) is 1. The molecule has 0 saturated heterocycles. The third-order valence-electron chi connectivity index (χ3n) is 1.45. The third-order valence-corrected chi connectivity index (χ3v) is 1.45. The second kappa shape index (κ2) is 4.06. The summed E-state index contributed by atoms with van der Waals surface area (Å²) >= 11 is 0. The van der Waals surface area contributed by atoms with Gasteiger partial charge in [0.25, 0.3) is 11.6 Å². The lowest BCUT2D eigenvalue weighted by molar-refractivity contribution is -0.290. The molecule has 0 atom stereocenters. The van der Waals surface area contributed by atoms with Crippen LogP contribution in [0.1, 0.15) is 0 Å². The molecule has 0 radical (unpaired) electrons. The molecule has 0 amide bonds. The maximum Gasteiger partial charge on any atom is 0.456 e. The van der Waals surface area contributed by atoms with Crippen LogP contribution in [0.15, 0.2) is 17.1 Å². The molecule has 0 unspecified atom stereocenters. The van der Waals surface area contributed by atoms with E-state index >= 15 is 0 Å². The lowest BCUT2D eigenvalue weighted by atomic mass is 10.3. The summed E-state index contributed by atoms with van der Waals surface area (Å²) in [7, 11) is 0. The van der Waals surface area contributed by atoms with E-state index in [0.29, 0.717) is 0 Å². The molecule has 0 aliphatic rings. The molecule has 1 rings (SSSR count). The highest BCUT2D eigenvalue weighted by atomic mass is 19.4. The van der Waals surface area contributed by atoms with Crippen LogP contribution in [-0.4, -0.2) is 28.7 Å². The fraction of sp³-hybridized carbons (Fsp3) is 0.429. The molecule has 0 bridgehead atoms. The first-order chi connectivity index (χ1) is 7.22. The van der Waals surface area contributed by atoms with Crippen LogP contribution in [0.3, 0.4) is 0 Å². The largest absolute Gasteiger partial charge is 0.458 e. The maximum absolute atomic E-state index is 12.3. The van der Waals surface area contributed by atoms with Crippen LogP contribution in [0.25, 0.3) is 0 Å². The van der Waals surface area contributed by atoms with Gasteiger partial charge < -0.3 is 4.74 Å². The van der Waals surface area contributed by atoms with Crippen molar-refractivity contribution in [2.75, 3.05) is 6.61 Å². The molecule has 1 N–H and O–H groups in total. The van der Waals surface area contributed by atoms with Crippen molar-refractivity contribution in [3.05, 3.63) is 22.6 Å². The molecule has 90 valence electrons. The van der Waals surface area contributed by atoms with Crippen LogP contribution in [0.4, 0.5) is 22.0 Å². The summed E-state index contributed by atoms with van der Waals surface area (Å²) in [6, 6.07) is 0.255. The van der Waals surface area contributed by atoms with E-state index in [1.54, 1.807) is 0 Å². The number of rotatable bonds is 3. The molecule has 16 heavy (non-hydrogen) atoms. The number of hydrogen-bond acceptors (Lipinski definition) is 3. The molecule has 4 nitrogen and oxygen atoms in total. The zero-order chi connectivity index (χ0) is 12.4. The van der Waals surface area contributed by atoms with Crippen molar-refractivity contribution in [3.63, 3.8) is 0 Å². The first-order valence-corrected chi connectivity index (χ1v) is 3.85. The van der Waals surface area contributed by atoms with Gasteiger partial charge in [0.05, 0.1) is 0 Å². The number of aromatic amines is 1. The summed E-state index contributed by atoms with van der Waals surface area (Å²) < 4.78 is 63.8. The molecule has 9 heteroatoms. The van der Waals surface area contributed by atoms with Gasteiger partial charge in [-0.1, -0.05) is 0 Å². The van der Waals surface area contributed by atoms with Gasteiger partial charge in [0.1, 0.15) is 0 Å². The molecule has 0 aromatic carbocycles. The molecule has 0 saturated carbocycles. The molecule has 0 aliphatic heterocycles. The van der Waals surface area contributed by atoms with E-state index in [1.165, 1.54) is 0 Å². The fourth-order valence-corrected chi connectivity index (χ4v) is 0.666. The zero-order valence-corrected chi connectivity index (χ0v) is 7.52. The predicted octanol–water partition coefficient (Wildman–Crippen LogP) is 1.35. The third kappa shape index (κ3) is 2.91. The minimum Gasteiger partial charge on any atom is -0.458 e. The quantitative estimate of drug-likeness (QED) is 0.816. The Hall–Kier alpha value is -1.67. The van der Waals surface area contributed by atoms with Gasteiger partial charge in [-0.15, -0.1) is 0 Å². The molecule has 0 aliphatic carbocycles. The molecular weight excluding hydrogens is 239 g/mol. The Morgan fingerprint density at radius 2 is 1.94 bits per heavy atom. The van der Waals surface area contributed by atoms with E-state index in [0.717, 1.165) is 12.3 Å². The highest BCUT2D eigenvalue weighted by Crippen LogP contribution is 2.35. The second-order valence-corrected chi connectivity index (χ2v) is 2.73. The number of H-pyrrole nitrogens is 1. The average Bonchev–Trinajstić information content (AvgIpc) is 2.13. The van der Waals surface area contributed by atoms with Crippen LogP contribution in [0.2, 0.25) is 0 Å². The molecular formula is C7H5F5N2O2. The van der Waals surface area contributed by atoms with Gasteiger partial charge in [-0.2, -0.15) is 22.0 Å². The summed E-state index contributed by atoms with van der Waals surface area (Å²) in [5.41, 5.74) is -0.722. The number of nitrogens with one attached hydrogen (secondary N) is 1. The Morgan fingerprint density at radius 1 is 1.31 bits per heavy atom. The van der Waals surface area contributed by atoms with Crippen molar-refractivity contribution in [1.82, 2.24) is 9.97 Å². The van der Waals surface area contributed by atoms with E-state index in [1.807, 2.05) is 4.98 Å². The smallest absolute Gasteiger partial charge is 0.456 e. The number of ether oxygens (including phenoxy) is 1. The molecule has 0 spiro atoms. The summed E-state index contributed by atoms with van der Waals surface area (Å²) in [5.74, 6) is -5.00. The average molecular weight is 244 g/mol. The lowest BCUT2D eigenvalue weighted by Crippen LogP contribution is -2.42. The van der Waals surface area contributed by atoms with Crippen LogP contribution in [0, 0.1) is 0 Å². The van der Waals surface area contributed by atoms with Gasteiger partial charge in [-0.25, -0.2) is 4.98 Å². The van der Waals surface area contributed by atoms with E-state index in [2.05, 4.69) is 9.72 Å². The molecule has 1 aromatic heterocycles. The summed E-state index contributed by atoms with van der Waals surface area (Å²) in [5, 5.41) is 0. The van der Waals surface area contributed by atoms with E-state index in [-0.39, 0.29) is 0 Å². The second-order valence-electron chi connectivity index (χ2n) is 2.73. The van der Waals surface area contributed by atoms with Crippen molar-refractivity contribution >= 4 is 0 Å². The number of aromatic nitrogens is 2. The Kier molecular flexibility index (Phi) is 3.15. The van der Waals surface area contributed by atoms with Gasteiger partial charge >= 0.3 is 12.1 Å². The van der Waals surface area contributed by atoms with Crippen molar-refractivity contribution in [1.29, 1.82) is 0 Å². The molecule has 1 heterocycles. The van der Waals surface area contributed by atoms with Crippen molar-refractivity contribution in [3.8, 4) is 6.01 Å². The minimum atomic E-state index is -5.71. The standard InChI is InChI=1S/C7H5F5N2O2/c8-6(9,7(10,11)12)3-16-5-13-2-1-4(15)14-5/h1-2H,3H2,(H,13,14,15). The van der Waals surface area contributed by atoms with Crippen LogP contribution in [-0.2, 0) is 0 Å². The van der Waals surface area contributed by atoms with Gasteiger partial charge in [0, 0.05) is 12.3 Å². The van der Waals surface area contributed by atoms with E-state index in [4.69, 9.17) is 0 Å². The minimum absolute atomic E-state index is 0.698. The summed E-state index contributed by atoms with van der Waals surface area (Å²) in [6.07, 6.45) is -4.79. The van der Waals surface area contributed by atoms with Gasteiger partial charge in [-0.3, -0.25) is 9.78 Å². The number of halogens is 5. The maximum atomic E-state index is 12.3. The van der Waals surface area contributed by atoms with E-state index in [9.17, 15) is 26.7 Å². The van der Waals surface area contributed by atoms with Crippen LogP contribution < -0.4 is 10.3 Å². The fourth-order valence-electron chi connectivity index (χ4n) is 0.666. The Labute approximate surface area is 85.1 Å². The lowest BCUT2D eigenvalue weighted by Gasteiger charge is -2.18. The first kappa shape index (κ1) is 12.4. The van der Waals surface area contributed by atoms with Gasteiger partial charge in [0.2, 0.25) is 0 Å². The van der Waals surface area contributed by atoms with E-state index < -0.39 is 30.3 Å². The van der Waals surface area contributed by atoms with Crippen LogP contribution in [0.5, 0.6) is 6.01 Å². The first-order valence-electron chi connectivity index (χ1n) is 3.85. The highest BCUT2D eigenvalue weighted by Gasteiger charge is 2.58. The monoisotopic (exact) mass is 244 g/mol. The summed E-state index contributed by atoms with van der Waals surface area (Å²) in [6.45, 7) is -1.94. The zero-order valence-electron chi connectivity index (χ0n) is 7.52. The number of hydrogen-bond donors (Lipinski definition) is 1. The van der Waals surface area contributed by atoms with Gasteiger partial charge in [0.15, 0.2) is 6.61 Å². The Balaban J connectivity index is 2.68. The van der Waals surface area contributed by atoms with Crippen molar-refractivity contribution in [2.45, 2.75) is 12.1 Å². The summed E-state index contributed by atoms with van der Waals surface area (Å²) in [4.78, 5) is 15.7. The Morgan fingerprint density at radius 3 is 2.44 bits per heavy atom. The highest BCUT2D eigenvalue weighted by molar-refractivity contribution is 4.94.